The average molecular weight is 356 g/mol. The molecule has 7 nitrogen and oxygen atoms in total. The standard InChI is InChI=1S/C16H25N5O2.ClH/c1-6-17-9(2)8-18-13(22)7-12-10(3)14-15(19-11(12)4)21(5)20-16(14)23;/h9,17H,6-8H2,1-5H3,(H,18,22)(H,20,23);1H/t9-;/m1./s1. The SMILES string of the molecule is CCN[C@H](C)CNC(=O)Cc1c(C)nc2c(c1C)c(=O)[nH]n2C.Cl. The van der Waals surface area contributed by atoms with Crippen molar-refractivity contribution in [1.29, 1.82) is 0 Å². The Morgan fingerprint density at radius 1 is 1.38 bits per heavy atom. The average Bonchev–Trinajstić information content (AvgIpc) is 2.76. The molecular weight excluding hydrogens is 330 g/mol. The van der Waals surface area contributed by atoms with Crippen LogP contribution in [0.15, 0.2) is 4.79 Å². The number of nitrogens with zero attached hydrogens (tertiary/aromatic N) is 2. The van der Waals surface area contributed by atoms with E-state index in [2.05, 4.69) is 20.7 Å². The number of fused-ring (bicyclic) bond motifs is 1. The van der Waals surface area contributed by atoms with Crippen LogP contribution in [0.4, 0.5) is 0 Å². The summed E-state index contributed by atoms with van der Waals surface area (Å²) in [5, 5.41) is 9.43. The number of rotatable bonds is 6. The molecule has 3 N–H and O–H groups in total. The fourth-order valence-corrected chi connectivity index (χ4v) is 2.82. The summed E-state index contributed by atoms with van der Waals surface area (Å²) in [6.45, 7) is 9.24. The highest BCUT2D eigenvalue weighted by Gasteiger charge is 2.17. The second-order valence-electron chi connectivity index (χ2n) is 5.94. The summed E-state index contributed by atoms with van der Waals surface area (Å²) in [5.74, 6) is -0.0607. The van der Waals surface area contributed by atoms with Crippen LogP contribution in [0.2, 0.25) is 0 Å². The van der Waals surface area contributed by atoms with Gasteiger partial charge in [-0.1, -0.05) is 6.92 Å². The van der Waals surface area contributed by atoms with Gasteiger partial charge in [-0.2, -0.15) is 0 Å². The molecule has 2 rings (SSSR count). The normalized spacial score (nSPS) is 12.0. The lowest BCUT2D eigenvalue weighted by Crippen LogP contribution is -2.39. The molecule has 0 spiro atoms. The number of hydrogen-bond acceptors (Lipinski definition) is 4. The Hall–Kier alpha value is -1.86. The van der Waals surface area contributed by atoms with E-state index in [1.54, 1.807) is 11.7 Å². The van der Waals surface area contributed by atoms with Crippen molar-refractivity contribution < 1.29 is 4.79 Å². The van der Waals surface area contributed by atoms with Gasteiger partial charge in [0.05, 0.1) is 11.8 Å². The first-order chi connectivity index (χ1) is 10.8. The van der Waals surface area contributed by atoms with Crippen LogP contribution in [0.25, 0.3) is 11.0 Å². The van der Waals surface area contributed by atoms with Crippen molar-refractivity contribution in [3.05, 3.63) is 27.2 Å². The van der Waals surface area contributed by atoms with Gasteiger partial charge in [-0.15, -0.1) is 12.4 Å². The molecule has 0 saturated heterocycles. The zero-order valence-electron chi connectivity index (χ0n) is 14.8. The van der Waals surface area contributed by atoms with E-state index in [0.29, 0.717) is 17.6 Å². The summed E-state index contributed by atoms with van der Waals surface area (Å²) >= 11 is 0. The molecule has 0 bridgehead atoms. The van der Waals surface area contributed by atoms with E-state index in [0.717, 1.165) is 23.4 Å². The molecule has 0 aliphatic carbocycles. The number of H-pyrrole nitrogens is 1. The minimum absolute atomic E-state index is 0. The van der Waals surface area contributed by atoms with Gasteiger partial charge in [0.2, 0.25) is 5.91 Å². The molecule has 0 fully saturated rings. The van der Waals surface area contributed by atoms with Gasteiger partial charge in [0.15, 0.2) is 5.65 Å². The summed E-state index contributed by atoms with van der Waals surface area (Å²) in [5.41, 5.74) is 2.87. The topological polar surface area (TPSA) is 91.8 Å². The molecule has 0 saturated carbocycles. The number of carbonyl (C=O) groups excluding carboxylic acids is 1. The highest BCUT2D eigenvalue weighted by atomic mass is 35.5. The Morgan fingerprint density at radius 3 is 2.67 bits per heavy atom. The summed E-state index contributed by atoms with van der Waals surface area (Å²) in [4.78, 5) is 28.7. The van der Waals surface area contributed by atoms with Gasteiger partial charge >= 0.3 is 0 Å². The molecule has 1 atom stereocenters. The number of carbonyl (C=O) groups is 1. The Balaban J connectivity index is 0.00000288. The van der Waals surface area contributed by atoms with Crippen LogP contribution >= 0.6 is 12.4 Å². The van der Waals surface area contributed by atoms with Crippen LogP contribution in [0.5, 0.6) is 0 Å². The Bertz CT molecular complexity index is 781. The zero-order valence-corrected chi connectivity index (χ0v) is 15.6. The molecule has 0 unspecified atom stereocenters. The van der Waals surface area contributed by atoms with Crippen molar-refractivity contribution in [2.45, 2.75) is 40.2 Å². The van der Waals surface area contributed by atoms with E-state index in [1.807, 2.05) is 27.7 Å². The molecule has 24 heavy (non-hydrogen) atoms. The van der Waals surface area contributed by atoms with E-state index in [-0.39, 0.29) is 36.3 Å². The third-order valence-electron chi connectivity index (χ3n) is 4.07. The summed E-state index contributed by atoms with van der Waals surface area (Å²) < 4.78 is 1.61. The van der Waals surface area contributed by atoms with Crippen molar-refractivity contribution in [3.63, 3.8) is 0 Å². The van der Waals surface area contributed by atoms with Crippen molar-refractivity contribution in [1.82, 2.24) is 25.4 Å². The van der Waals surface area contributed by atoms with E-state index < -0.39 is 0 Å². The number of nitrogens with one attached hydrogen (secondary N) is 3. The Morgan fingerprint density at radius 2 is 2.04 bits per heavy atom. The van der Waals surface area contributed by atoms with Gasteiger partial charge < -0.3 is 10.6 Å². The van der Waals surface area contributed by atoms with E-state index in [1.165, 1.54) is 0 Å². The molecular formula is C16H26ClN5O2. The number of aromatic nitrogens is 3. The molecule has 134 valence electrons. The molecule has 0 radical (unpaired) electrons. The maximum atomic E-state index is 12.2. The first-order valence-electron chi connectivity index (χ1n) is 7.90. The van der Waals surface area contributed by atoms with Gasteiger partial charge in [-0.05, 0) is 38.4 Å². The predicted molar refractivity (Wildman–Crippen MR) is 97.9 cm³/mol. The quantitative estimate of drug-likeness (QED) is 0.719. The summed E-state index contributed by atoms with van der Waals surface area (Å²) in [6, 6.07) is 0.226. The highest BCUT2D eigenvalue weighted by Crippen LogP contribution is 2.20. The lowest BCUT2D eigenvalue weighted by atomic mass is 10.0. The van der Waals surface area contributed by atoms with Crippen molar-refractivity contribution >= 4 is 29.3 Å². The molecule has 2 heterocycles. The predicted octanol–water partition coefficient (Wildman–Crippen LogP) is 0.957. The maximum absolute atomic E-state index is 12.2. The third-order valence-corrected chi connectivity index (χ3v) is 4.07. The van der Waals surface area contributed by atoms with Crippen LogP contribution in [0.1, 0.15) is 30.7 Å². The smallest absolute Gasteiger partial charge is 0.273 e. The first-order valence-corrected chi connectivity index (χ1v) is 7.90. The molecule has 2 aromatic rings. The molecule has 1 amide bonds. The number of likely N-dealkylation sites (N-methyl/N-ethyl adjacent to an activating group) is 1. The minimum atomic E-state index is -0.171. The van der Waals surface area contributed by atoms with E-state index in [4.69, 9.17) is 0 Å². The Kier molecular flexibility index (Phi) is 6.98. The van der Waals surface area contributed by atoms with Gasteiger partial charge in [-0.25, -0.2) is 4.98 Å². The number of amides is 1. The van der Waals surface area contributed by atoms with Crippen LogP contribution in [0, 0.1) is 13.8 Å². The molecule has 0 aliphatic heterocycles. The third kappa shape index (κ3) is 4.15. The molecule has 0 aliphatic rings. The van der Waals surface area contributed by atoms with Gasteiger partial charge in [0.1, 0.15) is 0 Å². The number of hydrogen-bond donors (Lipinski definition) is 3. The molecule has 8 heteroatoms. The second-order valence-corrected chi connectivity index (χ2v) is 5.94. The lowest BCUT2D eigenvalue weighted by Gasteiger charge is -2.14. The molecule has 2 aromatic heterocycles. The van der Waals surface area contributed by atoms with Crippen LogP contribution < -0.4 is 16.2 Å². The van der Waals surface area contributed by atoms with Crippen LogP contribution in [0.3, 0.4) is 0 Å². The van der Waals surface area contributed by atoms with Crippen LogP contribution in [-0.4, -0.2) is 39.8 Å². The summed E-state index contributed by atoms with van der Waals surface area (Å²) in [6.07, 6.45) is 0.230. The number of aryl methyl sites for hydroxylation is 3. The van der Waals surface area contributed by atoms with Gasteiger partial charge in [0, 0.05) is 25.3 Å². The van der Waals surface area contributed by atoms with Crippen LogP contribution in [-0.2, 0) is 18.3 Å². The number of aromatic amines is 1. The Labute approximate surface area is 147 Å². The number of pyridine rings is 1. The van der Waals surface area contributed by atoms with Crippen molar-refractivity contribution in [3.8, 4) is 0 Å². The fourth-order valence-electron chi connectivity index (χ4n) is 2.82. The van der Waals surface area contributed by atoms with Crippen molar-refractivity contribution in [2.24, 2.45) is 7.05 Å². The first kappa shape index (κ1) is 20.2. The largest absolute Gasteiger partial charge is 0.354 e. The van der Waals surface area contributed by atoms with Crippen molar-refractivity contribution in [2.75, 3.05) is 13.1 Å². The van der Waals surface area contributed by atoms with E-state index >= 15 is 0 Å². The van der Waals surface area contributed by atoms with Gasteiger partial charge in [0.25, 0.3) is 5.56 Å². The van der Waals surface area contributed by atoms with Gasteiger partial charge in [-0.3, -0.25) is 19.4 Å². The monoisotopic (exact) mass is 355 g/mol. The van der Waals surface area contributed by atoms with E-state index in [9.17, 15) is 9.59 Å². The molecule has 0 aromatic carbocycles. The highest BCUT2D eigenvalue weighted by molar-refractivity contribution is 5.85. The number of halogens is 1. The summed E-state index contributed by atoms with van der Waals surface area (Å²) in [7, 11) is 1.75. The minimum Gasteiger partial charge on any atom is -0.354 e. The second kappa shape index (κ2) is 8.30. The lowest BCUT2D eigenvalue weighted by molar-refractivity contribution is -0.120. The zero-order chi connectivity index (χ0) is 17.1. The maximum Gasteiger partial charge on any atom is 0.273 e. The fraction of sp³-hybridized carbons (Fsp3) is 0.562.